The molecule has 0 unspecified atom stereocenters. The van der Waals surface area contributed by atoms with Gasteiger partial charge in [0.1, 0.15) is 0 Å². The largest absolute Gasteiger partial charge is 0.481 e. The summed E-state index contributed by atoms with van der Waals surface area (Å²) < 4.78 is 33.0. The third kappa shape index (κ3) is 37.0. The monoisotopic (exact) mass is 466 g/mol. The molecule has 0 fully saturated rings. The van der Waals surface area contributed by atoms with Gasteiger partial charge >= 0.3 is 16.4 Å². The number of hydrogen-bond donors (Lipinski definition) is 2. The lowest BCUT2D eigenvalue weighted by atomic mass is 10.1. The molecule has 0 aliphatic heterocycles. The Kier molecular flexibility index (Phi) is 26.9. The van der Waals surface area contributed by atoms with Crippen LogP contribution in [0.3, 0.4) is 0 Å². The maximum absolute atomic E-state index is 10.2. The van der Waals surface area contributed by atoms with Crippen LogP contribution in [0.2, 0.25) is 0 Å². The van der Waals surface area contributed by atoms with Crippen molar-refractivity contribution in [1.82, 2.24) is 0 Å². The molecular weight excluding hydrogens is 416 g/mol. The second kappa shape index (κ2) is 25.6. The van der Waals surface area contributed by atoms with Crippen molar-refractivity contribution in [2.45, 2.75) is 142 Å². The lowest BCUT2D eigenvalue weighted by molar-refractivity contribution is -0.137. The van der Waals surface area contributed by atoms with Crippen LogP contribution in [0.5, 0.6) is 0 Å². The second-order valence-electron chi connectivity index (χ2n) is 8.40. The third-order valence-electron chi connectivity index (χ3n) is 5.22. The highest BCUT2D eigenvalue weighted by Gasteiger charge is 2.02. The zero-order chi connectivity index (χ0) is 23.6. The van der Waals surface area contributed by atoms with Crippen LogP contribution in [-0.2, 0) is 19.4 Å². The highest BCUT2D eigenvalue weighted by molar-refractivity contribution is 7.80. The average molecular weight is 467 g/mol. The summed E-state index contributed by atoms with van der Waals surface area (Å²) in [6, 6.07) is 0. The van der Waals surface area contributed by atoms with Gasteiger partial charge in [-0.15, -0.1) is 0 Å². The first-order valence-corrected chi connectivity index (χ1v) is 14.0. The van der Waals surface area contributed by atoms with Gasteiger partial charge in [0.15, 0.2) is 0 Å². The van der Waals surface area contributed by atoms with Gasteiger partial charge in [-0.3, -0.25) is 9.35 Å². The van der Waals surface area contributed by atoms with E-state index in [2.05, 4.69) is 18.0 Å². The SMILES string of the molecule is CCCCCCCCCCCC(=O)O.CCCCCCCCCCCCOS(=O)(=O)O. The van der Waals surface area contributed by atoms with Crippen molar-refractivity contribution < 1.29 is 27.1 Å². The molecular formula is C24H50O6S. The van der Waals surface area contributed by atoms with E-state index >= 15 is 0 Å². The van der Waals surface area contributed by atoms with E-state index in [9.17, 15) is 13.2 Å². The normalized spacial score (nSPS) is 11.2. The summed E-state index contributed by atoms with van der Waals surface area (Å²) in [6.07, 6.45) is 23.3. The van der Waals surface area contributed by atoms with Crippen LogP contribution < -0.4 is 0 Å². The zero-order valence-corrected chi connectivity index (χ0v) is 21.1. The highest BCUT2D eigenvalue weighted by atomic mass is 32.3. The minimum atomic E-state index is -4.23. The first-order valence-electron chi connectivity index (χ1n) is 12.7. The van der Waals surface area contributed by atoms with Crippen molar-refractivity contribution in [2.24, 2.45) is 0 Å². The molecule has 0 aromatic rings. The van der Waals surface area contributed by atoms with E-state index in [4.69, 9.17) is 9.66 Å². The first kappa shape index (κ1) is 32.5. The Morgan fingerprint density at radius 1 is 0.613 bits per heavy atom. The summed E-state index contributed by atoms with van der Waals surface area (Å²) in [5.74, 6) is -0.659. The van der Waals surface area contributed by atoms with E-state index in [1.165, 1.54) is 89.9 Å². The molecule has 2 N–H and O–H groups in total. The molecule has 0 heterocycles. The van der Waals surface area contributed by atoms with Gasteiger partial charge in [0.2, 0.25) is 0 Å². The molecule has 0 aliphatic carbocycles. The Hall–Kier alpha value is -0.660. The van der Waals surface area contributed by atoms with Crippen molar-refractivity contribution in [3.05, 3.63) is 0 Å². The van der Waals surface area contributed by atoms with Crippen molar-refractivity contribution in [1.29, 1.82) is 0 Å². The summed E-state index contributed by atoms with van der Waals surface area (Å²) in [5, 5.41) is 8.41. The number of rotatable bonds is 22. The first-order chi connectivity index (χ1) is 14.8. The molecule has 0 aromatic carbocycles. The van der Waals surface area contributed by atoms with E-state index in [0.717, 1.165) is 25.7 Å². The van der Waals surface area contributed by atoms with Gasteiger partial charge in [-0.25, -0.2) is 4.18 Å². The molecule has 0 aromatic heterocycles. The summed E-state index contributed by atoms with van der Waals surface area (Å²) in [7, 11) is -4.23. The molecule has 0 rings (SSSR count). The van der Waals surface area contributed by atoms with E-state index < -0.39 is 16.4 Å². The van der Waals surface area contributed by atoms with Crippen LogP contribution in [0.15, 0.2) is 0 Å². The lowest BCUT2D eigenvalue weighted by Crippen LogP contribution is -2.04. The van der Waals surface area contributed by atoms with E-state index in [1.807, 2.05) is 0 Å². The van der Waals surface area contributed by atoms with Crippen LogP contribution in [0.25, 0.3) is 0 Å². The predicted molar refractivity (Wildman–Crippen MR) is 129 cm³/mol. The fourth-order valence-corrected chi connectivity index (χ4v) is 3.67. The number of aliphatic carboxylic acids is 1. The van der Waals surface area contributed by atoms with Crippen LogP contribution in [0, 0.1) is 0 Å². The van der Waals surface area contributed by atoms with E-state index in [1.54, 1.807) is 0 Å². The second-order valence-corrected chi connectivity index (χ2v) is 9.50. The van der Waals surface area contributed by atoms with Crippen LogP contribution in [-0.4, -0.2) is 30.7 Å². The lowest BCUT2D eigenvalue weighted by Gasteiger charge is -2.02. The molecule has 0 atom stereocenters. The zero-order valence-electron chi connectivity index (χ0n) is 20.3. The number of carbonyl (C=O) groups is 1. The van der Waals surface area contributed by atoms with Gasteiger partial charge in [-0.05, 0) is 12.8 Å². The maximum Gasteiger partial charge on any atom is 0.397 e. The van der Waals surface area contributed by atoms with E-state index in [-0.39, 0.29) is 6.61 Å². The number of unbranched alkanes of at least 4 members (excludes halogenated alkanes) is 17. The fraction of sp³-hybridized carbons (Fsp3) is 0.958. The summed E-state index contributed by atoms with van der Waals surface area (Å²) in [6.45, 7) is 4.54. The van der Waals surface area contributed by atoms with Crippen molar-refractivity contribution in [3.8, 4) is 0 Å². The number of carboxylic acid groups (broad SMARTS) is 1. The molecule has 7 heteroatoms. The smallest absolute Gasteiger partial charge is 0.397 e. The quantitative estimate of drug-likeness (QED) is 0.125. The number of hydrogen-bond acceptors (Lipinski definition) is 4. The third-order valence-corrected chi connectivity index (χ3v) is 5.69. The van der Waals surface area contributed by atoms with Gasteiger partial charge in [0, 0.05) is 6.42 Å². The Labute approximate surface area is 192 Å². The van der Waals surface area contributed by atoms with Gasteiger partial charge < -0.3 is 5.11 Å². The van der Waals surface area contributed by atoms with E-state index in [0.29, 0.717) is 12.8 Å². The molecule has 0 bridgehead atoms. The molecule has 188 valence electrons. The van der Waals surface area contributed by atoms with Crippen molar-refractivity contribution in [2.75, 3.05) is 6.61 Å². The van der Waals surface area contributed by atoms with Gasteiger partial charge in [0.25, 0.3) is 0 Å². The average Bonchev–Trinajstić information content (AvgIpc) is 2.70. The topological polar surface area (TPSA) is 101 Å². The van der Waals surface area contributed by atoms with Gasteiger partial charge in [0.05, 0.1) is 6.61 Å². The molecule has 0 amide bonds. The summed E-state index contributed by atoms with van der Waals surface area (Å²) in [5.41, 5.74) is 0. The molecule has 6 nitrogen and oxygen atoms in total. The van der Waals surface area contributed by atoms with Crippen LogP contribution in [0.4, 0.5) is 0 Å². The Morgan fingerprint density at radius 3 is 1.26 bits per heavy atom. The molecule has 31 heavy (non-hydrogen) atoms. The van der Waals surface area contributed by atoms with Crippen LogP contribution in [0.1, 0.15) is 142 Å². The Bertz CT molecular complexity index is 465. The van der Waals surface area contributed by atoms with Crippen molar-refractivity contribution >= 4 is 16.4 Å². The highest BCUT2D eigenvalue weighted by Crippen LogP contribution is 2.11. The molecule has 0 saturated heterocycles. The predicted octanol–water partition coefficient (Wildman–Crippen LogP) is 7.72. The molecule has 0 radical (unpaired) electrons. The Balaban J connectivity index is 0. The standard InChI is InChI=1S/C12H26O4S.C12H24O2/c1-2-3-4-5-6-7-8-9-10-11-12-16-17(13,14)15;1-2-3-4-5-6-7-8-9-10-11-12(13)14/h2-12H2,1H3,(H,13,14,15);2-11H2,1H3,(H,13,14). The van der Waals surface area contributed by atoms with Gasteiger partial charge in [-0.1, -0.05) is 123 Å². The van der Waals surface area contributed by atoms with Gasteiger partial charge in [-0.2, -0.15) is 8.42 Å². The Morgan fingerprint density at radius 2 is 0.935 bits per heavy atom. The molecule has 0 spiro atoms. The molecule has 0 saturated carbocycles. The summed E-state index contributed by atoms with van der Waals surface area (Å²) >= 11 is 0. The minimum absolute atomic E-state index is 0.0926. The minimum Gasteiger partial charge on any atom is -0.481 e. The molecule has 0 aliphatic rings. The fourth-order valence-electron chi connectivity index (χ4n) is 3.34. The number of carboxylic acids is 1. The van der Waals surface area contributed by atoms with Crippen LogP contribution >= 0.6 is 0 Å². The summed E-state index contributed by atoms with van der Waals surface area (Å²) in [4.78, 5) is 10.2. The maximum atomic E-state index is 10.2. The van der Waals surface area contributed by atoms with Crippen molar-refractivity contribution in [3.63, 3.8) is 0 Å².